The zero-order chi connectivity index (χ0) is 10.5. The molecule has 1 saturated carbocycles. The third-order valence-corrected chi connectivity index (χ3v) is 5.09. The Balaban J connectivity index is 2.30. The average Bonchev–Trinajstić information content (AvgIpc) is 2.46. The quantitative estimate of drug-likeness (QED) is 0.660. The second kappa shape index (κ2) is 3.55. The maximum absolute atomic E-state index is 6.12. The van der Waals surface area contributed by atoms with Crippen LogP contribution in [0.1, 0.15) is 25.3 Å². The zero-order valence-corrected chi connectivity index (χ0v) is 11.1. The van der Waals surface area contributed by atoms with E-state index in [4.69, 9.17) is 34.8 Å². The third-order valence-electron chi connectivity index (χ3n) is 3.23. The van der Waals surface area contributed by atoms with Gasteiger partial charge in [-0.1, -0.05) is 37.0 Å². The van der Waals surface area contributed by atoms with E-state index in [1.807, 2.05) is 6.07 Å². The van der Waals surface area contributed by atoms with Gasteiger partial charge in [0.2, 0.25) is 0 Å². The van der Waals surface area contributed by atoms with Crippen LogP contribution in [0.2, 0.25) is 8.67 Å². The van der Waals surface area contributed by atoms with Crippen molar-refractivity contribution < 1.29 is 0 Å². The minimum absolute atomic E-state index is 0.274. The van der Waals surface area contributed by atoms with Crippen LogP contribution in [0.15, 0.2) is 6.07 Å². The van der Waals surface area contributed by atoms with Crippen LogP contribution < -0.4 is 0 Å². The highest BCUT2D eigenvalue weighted by atomic mass is 35.5. The molecule has 1 fully saturated rings. The summed E-state index contributed by atoms with van der Waals surface area (Å²) < 4.78 is 1.58. The van der Waals surface area contributed by atoms with Gasteiger partial charge < -0.3 is 0 Å². The maximum Gasteiger partial charge on any atom is 0.0979 e. The molecule has 0 nitrogen and oxygen atoms in total. The van der Waals surface area contributed by atoms with Crippen molar-refractivity contribution >= 4 is 46.1 Å². The van der Waals surface area contributed by atoms with Crippen molar-refractivity contribution in [3.05, 3.63) is 20.3 Å². The molecule has 2 unspecified atom stereocenters. The van der Waals surface area contributed by atoms with Crippen LogP contribution in [0.25, 0.3) is 0 Å². The van der Waals surface area contributed by atoms with Gasteiger partial charge in [0.15, 0.2) is 0 Å². The van der Waals surface area contributed by atoms with Crippen molar-refractivity contribution in [1.29, 1.82) is 0 Å². The summed E-state index contributed by atoms with van der Waals surface area (Å²) in [5.41, 5.74) is 1.45. The van der Waals surface area contributed by atoms with Crippen LogP contribution in [-0.2, 0) is 0 Å². The summed E-state index contributed by atoms with van der Waals surface area (Å²) in [6.45, 7) is 4.46. The fourth-order valence-electron chi connectivity index (χ4n) is 2.21. The lowest BCUT2D eigenvalue weighted by molar-refractivity contribution is 0.577. The van der Waals surface area contributed by atoms with Crippen LogP contribution >= 0.6 is 46.1 Å². The Kier molecular flexibility index (Phi) is 2.81. The lowest BCUT2D eigenvalue weighted by atomic mass is 10.1. The molecule has 14 heavy (non-hydrogen) atoms. The molecular weight excluding hydrogens is 259 g/mol. The highest BCUT2D eigenvalue weighted by Crippen LogP contribution is 2.66. The van der Waals surface area contributed by atoms with Crippen molar-refractivity contribution in [3.8, 4) is 0 Å². The Bertz CT molecular complexity index is 356. The first-order valence-corrected chi connectivity index (χ1v) is 6.60. The molecule has 2 atom stereocenters. The van der Waals surface area contributed by atoms with Crippen molar-refractivity contribution in [2.24, 2.45) is 11.3 Å². The molecule has 4 heteroatoms. The van der Waals surface area contributed by atoms with E-state index < -0.39 is 0 Å². The summed E-state index contributed by atoms with van der Waals surface area (Å²) in [7, 11) is 0. The van der Waals surface area contributed by atoms with Gasteiger partial charge in [0.1, 0.15) is 0 Å². The van der Waals surface area contributed by atoms with Crippen LogP contribution in [0.4, 0.5) is 0 Å². The van der Waals surface area contributed by atoms with Gasteiger partial charge in [0.25, 0.3) is 0 Å². The van der Waals surface area contributed by atoms with Crippen molar-refractivity contribution in [2.75, 3.05) is 5.88 Å². The number of rotatable bonds is 2. The Labute approximate surface area is 103 Å². The van der Waals surface area contributed by atoms with E-state index in [0.29, 0.717) is 17.7 Å². The van der Waals surface area contributed by atoms with Crippen molar-refractivity contribution in [2.45, 2.75) is 19.8 Å². The normalized spacial score (nSPS) is 29.2. The molecule has 0 spiro atoms. The topological polar surface area (TPSA) is 0 Å². The standard InChI is InChI=1S/C10H11Cl3S/c1-10(2)6(4-11)8(10)5-3-7(12)14-9(5)13/h3,6,8H,4H2,1-2H3. The van der Waals surface area contributed by atoms with E-state index in [-0.39, 0.29) is 5.41 Å². The Morgan fingerprint density at radius 1 is 1.43 bits per heavy atom. The molecule has 1 aliphatic carbocycles. The van der Waals surface area contributed by atoms with Gasteiger partial charge >= 0.3 is 0 Å². The lowest BCUT2D eigenvalue weighted by Gasteiger charge is -2.00. The summed E-state index contributed by atoms with van der Waals surface area (Å²) in [4.78, 5) is 0. The van der Waals surface area contributed by atoms with Gasteiger partial charge in [-0.15, -0.1) is 22.9 Å². The molecule has 1 aliphatic rings. The second-order valence-electron chi connectivity index (χ2n) is 4.34. The van der Waals surface area contributed by atoms with Gasteiger partial charge in [0.05, 0.1) is 8.67 Å². The molecule has 0 aromatic carbocycles. The van der Waals surface area contributed by atoms with Gasteiger partial charge in [-0.2, -0.15) is 0 Å². The Hall–Kier alpha value is 0.570. The molecule has 2 rings (SSSR count). The molecule has 0 saturated heterocycles. The number of hydrogen-bond donors (Lipinski definition) is 0. The van der Waals surface area contributed by atoms with E-state index in [1.165, 1.54) is 16.9 Å². The molecule has 0 N–H and O–H groups in total. The fourth-order valence-corrected chi connectivity index (χ4v) is 4.34. The van der Waals surface area contributed by atoms with Crippen LogP contribution in [0.5, 0.6) is 0 Å². The fraction of sp³-hybridized carbons (Fsp3) is 0.600. The van der Waals surface area contributed by atoms with Gasteiger partial charge in [-0.05, 0) is 28.9 Å². The summed E-state index contributed by atoms with van der Waals surface area (Å²) in [6.07, 6.45) is 0. The second-order valence-corrected chi connectivity index (χ2v) is 6.93. The molecule has 0 bridgehead atoms. The Morgan fingerprint density at radius 2 is 2.07 bits per heavy atom. The van der Waals surface area contributed by atoms with E-state index >= 15 is 0 Å². The average molecular weight is 270 g/mol. The van der Waals surface area contributed by atoms with Crippen LogP contribution in [0, 0.1) is 11.3 Å². The van der Waals surface area contributed by atoms with E-state index in [0.717, 1.165) is 8.67 Å². The zero-order valence-electron chi connectivity index (χ0n) is 7.98. The third kappa shape index (κ3) is 1.59. The minimum Gasteiger partial charge on any atom is -0.126 e. The first-order valence-electron chi connectivity index (χ1n) is 4.49. The first-order chi connectivity index (χ1) is 6.48. The molecule has 0 radical (unpaired) electrons. The SMILES string of the molecule is CC1(C)C(CCl)C1c1cc(Cl)sc1Cl. The van der Waals surface area contributed by atoms with Crippen LogP contribution in [-0.4, -0.2) is 5.88 Å². The van der Waals surface area contributed by atoms with Crippen LogP contribution in [0.3, 0.4) is 0 Å². The molecule has 78 valence electrons. The predicted molar refractivity (Wildman–Crippen MR) is 65.1 cm³/mol. The highest BCUT2D eigenvalue weighted by Gasteiger charge is 2.58. The lowest BCUT2D eigenvalue weighted by Crippen LogP contribution is -1.90. The largest absolute Gasteiger partial charge is 0.126 e. The summed E-state index contributed by atoms with van der Waals surface area (Å²) in [6, 6.07) is 1.98. The molecular formula is C10H11Cl3S. The number of thiophene rings is 1. The monoisotopic (exact) mass is 268 g/mol. The van der Waals surface area contributed by atoms with Crippen molar-refractivity contribution in [3.63, 3.8) is 0 Å². The molecule has 0 amide bonds. The predicted octanol–water partition coefficient (Wildman–Crippen LogP) is 5.03. The molecule has 1 aromatic rings. The molecule has 0 aliphatic heterocycles. The number of alkyl halides is 1. The maximum atomic E-state index is 6.12. The summed E-state index contributed by atoms with van der Waals surface area (Å²) in [5.74, 6) is 1.71. The van der Waals surface area contributed by atoms with Crippen molar-refractivity contribution in [1.82, 2.24) is 0 Å². The molecule has 1 aromatic heterocycles. The Morgan fingerprint density at radius 3 is 2.43 bits per heavy atom. The van der Waals surface area contributed by atoms with E-state index in [1.54, 1.807) is 0 Å². The van der Waals surface area contributed by atoms with Gasteiger partial charge in [-0.25, -0.2) is 0 Å². The minimum atomic E-state index is 0.274. The first kappa shape index (κ1) is 11.1. The smallest absolute Gasteiger partial charge is 0.0979 e. The highest BCUT2D eigenvalue weighted by molar-refractivity contribution is 7.20. The van der Waals surface area contributed by atoms with E-state index in [2.05, 4.69) is 13.8 Å². The molecule has 1 heterocycles. The van der Waals surface area contributed by atoms with Gasteiger partial charge in [0, 0.05) is 5.88 Å². The number of hydrogen-bond acceptors (Lipinski definition) is 1. The van der Waals surface area contributed by atoms with Gasteiger partial charge in [-0.3, -0.25) is 0 Å². The summed E-state index contributed by atoms with van der Waals surface area (Å²) >= 11 is 19.4. The summed E-state index contributed by atoms with van der Waals surface area (Å²) in [5, 5.41) is 0. The number of halogens is 3. The van der Waals surface area contributed by atoms with E-state index in [9.17, 15) is 0 Å².